The molecule has 0 bridgehead atoms. The molecule has 7 amide bonds. The van der Waals surface area contributed by atoms with E-state index in [0.717, 1.165) is 11.1 Å². The summed E-state index contributed by atoms with van der Waals surface area (Å²) in [6, 6.07) is 6.03. The molecule has 15 N–H and O–H groups in total. The maximum atomic E-state index is 15.4. The van der Waals surface area contributed by atoms with Gasteiger partial charge in [-0.25, -0.2) is 31.1 Å². The zero-order valence-electron chi connectivity index (χ0n) is 72.3. The highest BCUT2D eigenvalue weighted by Gasteiger charge is 2.39. The second-order valence-corrected chi connectivity index (χ2v) is 37.1. The van der Waals surface area contributed by atoms with Gasteiger partial charge < -0.3 is 82.8 Å². The molecule has 5 aromatic rings. The lowest BCUT2D eigenvalue weighted by atomic mass is 9.88. The van der Waals surface area contributed by atoms with Gasteiger partial charge in [-0.3, -0.25) is 48.1 Å². The molecule has 0 saturated heterocycles. The van der Waals surface area contributed by atoms with Crippen molar-refractivity contribution in [2.45, 2.75) is 258 Å². The van der Waals surface area contributed by atoms with Crippen molar-refractivity contribution in [2.24, 2.45) is 33.1 Å². The van der Waals surface area contributed by atoms with Crippen LogP contribution in [0.15, 0.2) is 74.5 Å². The summed E-state index contributed by atoms with van der Waals surface area (Å²) in [7, 11) is -8.71. The third-order valence-electron chi connectivity index (χ3n) is 20.1. The number of carbonyl (C=O) groups is 8. The zero-order chi connectivity index (χ0) is 88.4. The topological polar surface area (TPSA) is 476 Å². The fraction of sp³-hybridized carbons (Fsp3) is 0.571. The molecule has 2 aliphatic rings. The second kappa shape index (κ2) is 41.2. The van der Waals surface area contributed by atoms with Crippen LogP contribution in [0.25, 0.3) is 10.9 Å². The molecule has 0 radical (unpaired) electrons. The van der Waals surface area contributed by atoms with E-state index in [4.69, 9.17) is 45.6 Å². The number of para-hydroxylation sites is 1. The molecular weight excluding hydrogens is 1570 g/mol. The van der Waals surface area contributed by atoms with E-state index in [-0.39, 0.29) is 99.3 Å². The lowest BCUT2D eigenvalue weighted by Gasteiger charge is -2.35. The standard InChI is InChI=1S/C84H125N15O18S2/c1-48(2)44-64(74(103)88-39-41-113-43-42-112-40-36-85)95-75(104)63(26-23-38-90-79(87)98-119(110,111)72-52(6)50(4)70-59(54(72)8)33-35-84(18,19)116-70)93-67(101)46-91-73(102)62(25-22-37-89-78(86)97-118(108,109)71-51(5)49(3)69-58(53(71)7)32-34-83(16,17)115-69)94-76(105)65(45-56-28-30-57(31-29-56)114-81(10,11)12)96-77(106)68(92-55(9)100)61-47-99(80(107)117-82(13,14)15)66-27-21-20-24-60(61)66/h20-21,24,27-31,47-48,62-65,68H,22-23,25-26,32-46,85H2,1-19H3,(H,88,103)(H,91,102)(H,92,100)(H,93,101)(H,94,105)(H,95,104)(H,96,106)(H3,86,89,97)(H3,87,90,98)/t62-,63-,64-,65-,68?/m0/s1. The van der Waals surface area contributed by atoms with E-state index in [2.05, 4.69) is 56.6 Å². The largest absolute Gasteiger partial charge is 0.488 e. The summed E-state index contributed by atoms with van der Waals surface area (Å²) in [6.45, 7) is 33.9. The molecule has 0 spiro atoms. The number of nitrogens with zero attached hydrogens (tertiary/aromatic N) is 3. The van der Waals surface area contributed by atoms with Crippen LogP contribution in [0.4, 0.5) is 4.79 Å². The predicted octanol–water partition coefficient (Wildman–Crippen LogP) is 6.44. The number of hydrogen-bond acceptors (Lipinski definition) is 21. The van der Waals surface area contributed by atoms with Crippen molar-refractivity contribution in [3.05, 3.63) is 110 Å². The maximum absolute atomic E-state index is 15.4. The van der Waals surface area contributed by atoms with Gasteiger partial charge in [-0.2, -0.15) is 0 Å². The molecule has 0 fully saturated rings. The lowest BCUT2D eigenvalue weighted by molar-refractivity contribution is -0.134. The number of aromatic nitrogens is 1. The van der Waals surface area contributed by atoms with Crippen molar-refractivity contribution >= 4 is 90.3 Å². The van der Waals surface area contributed by atoms with E-state index >= 15 is 9.59 Å². The maximum Gasteiger partial charge on any atom is 0.419 e. The molecule has 4 aromatic carbocycles. The summed E-state index contributed by atoms with van der Waals surface area (Å²) < 4.78 is 98.4. The molecule has 0 saturated carbocycles. The molecule has 5 atom stereocenters. The van der Waals surface area contributed by atoms with E-state index in [9.17, 15) is 45.6 Å². The van der Waals surface area contributed by atoms with Gasteiger partial charge in [0.25, 0.3) is 20.0 Å². The van der Waals surface area contributed by atoms with E-state index in [1.54, 1.807) is 111 Å². The number of sulfonamides is 2. The SMILES string of the molecule is CC(=O)NC(C(=O)N[C@@H](Cc1ccc(OC(C)(C)C)cc1)C(=O)N[C@@H](CCCN=C(N)NS(=O)(=O)c1c(C)c(C)c2c(c1C)CCC(C)(C)O2)C(=O)NCC(=O)N[C@@H](CCCN=C(N)NS(=O)(=O)c1c(C)c(C)c2c(c1C)CCC(C)(C)O2)C(=O)N[C@@H](CC(C)C)C(=O)NCCOCCOCCN)c1cn(C(=O)OC(C)(C)C)c2ccccc12. The number of nitrogens with two attached hydrogens (primary N) is 3. The molecule has 3 heterocycles. The van der Waals surface area contributed by atoms with Crippen molar-refractivity contribution in [1.82, 2.24) is 51.2 Å². The minimum absolute atomic E-state index is 0.00925. The highest BCUT2D eigenvalue weighted by Crippen LogP contribution is 2.44. The monoisotopic (exact) mass is 1700 g/mol. The van der Waals surface area contributed by atoms with Crippen LogP contribution >= 0.6 is 0 Å². The molecule has 656 valence electrons. The van der Waals surface area contributed by atoms with Gasteiger partial charge >= 0.3 is 6.09 Å². The minimum atomic E-state index is -4.38. The Kier molecular flexibility index (Phi) is 33.3. The van der Waals surface area contributed by atoms with Crippen molar-refractivity contribution in [3.63, 3.8) is 0 Å². The minimum Gasteiger partial charge on any atom is -0.488 e. The average Bonchev–Trinajstić information content (AvgIpc) is 1.52. The van der Waals surface area contributed by atoms with Crippen molar-refractivity contribution in [1.29, 1.82) is 0 Å². The quantitative estimate of drug-likeness (QED) is 0.0115. The van der Waals surface area contributed by atoms with Crippen LogP contribution in [0.3, 0.4) is 0 Å². The number of benzene rings is 4. The Labute approximate surface area is 699 Å². The first-order chi connectivity index (χ1) is 55.5. The van der Waals surface area contributed by atoms with E-state index in [0.29, 0.717) is 106 Å². The molecule has 0 aliphatic carbocycles. The van der Waals surface area contributed by atoms with Crippen LogP contribution in [0.5, 0.6) is 17.2 Å². The highest BCUT2D eigenvalue weighted by atomic mass is 32.2. The summed E-state index contributed by atoms with van der Waals surface area (Å²) in [4.78, 5) is 124. The van der Waals surface area contributed by atoms with Gasteiger partial charge in [0, 0.05) is 56.7 Å². The van der Waals surface area contributed by atoms with Gasteiger partial charge in [0.2, 0.25) is 53.3 Å². The van der Waals surface area contributed by atoms with Crippen molar-refractivity contribution in [2.75, 3.05) is 59.2 Å². The van der Waals surface area contributed by atoms with Crippen molar-refractivity contribution < 1.29 is 83.6 Å². The van der Waals surface area contributed by atoms with Crippen molar-refractivity contribution in [3.8, 4) is 17.2 Å². The number of rotatable bonds is 38. The first-order valence-electron chi connectivity index (χ1n) is 40.3. The number of ether oxygens (including phenoxy) is 6. The normalized spacial score (nSPS) is 15.4. The van der Waals surface area contributed by atoms with Gasteiger partial charge in [-0.05, 0) is 243 Å². The molecule has 1 aromatic heterocycles. The Morgan fingerprint density at radius 3 is 1.57 bits per heavy atom. The number of amides is 7. The van der Waals surface area contributed by atoms with Crippen LogP contribution < -0.4 is 78.1 Å². The van der Waals surface area contributed by atoms with Gasteiger partial charge in [-0.15, -0.1) is 0 Å². The molecule has 7 rings (SSSR count). The molecular formula is C84H125N15O18S2. The number of hydrogen-bond donors (Lipinski definition) is 12. The number of fused-ring (bicyclic) bond motifs is 3. The third-order valence-corrected chi connectivity index (χ3v) is 23.4. The first kappa shape index (κ1) is 96.0. The molecule has 119 heavy (non-hydrogen) atoms. The van der Waals surface area contributed by atoms with Crippen LogP contribution in [0, 0.1) is 47.5 Å². The van der Waals surface area contributed by atoms with Crippen LogP contribution in [-0.2, 0) is 87.1 Å². The summed E-state index contributed by atoms with van der Waals surface area (Å²) in [5.74, 6) is -5.12. The number of guanidine groups is 2. The smallest absolute Gasteiger partial charge is 0.419 e. The molecule has 2 aliphatic heterocycles. The fourth-order valence-electron chi connectivity index (χ4n) is 14.2. The Balaban J connectivity index is 1.20. The second-order valence-electron chi connectivity index (χ2n) is 33.9. The van der Waals surface area contributed by atoms with Crippen LogP contribution in [-0.4, -0.2) is 186 Å². The average molecular weight is 1700 g/mol. The van der Waals surface area contributed by atoms with Gasteiger partial charge in [0.15, 0.2) is 0 Å². The summed E-state index contributed by atoms with van der Waals surface area (Å²) in [5.41, 5.74) is 21.4. The van der Waals surface area contributed by atoms with Crippen LogP contribution in [0.2, 0.25) is 0 Å². The van der Waals surface area contributed by atoms with Gasteiger partial charge in [0.05, 0.1) is 48.3 Å². The predicted molar refractivity (Wildman–Crippen MR) is 454 cm³/mol. The number of aliphatic imine (C=N–C) groups is 2. The number of carbonyl (C=O) groups excluding carboxylic acids is 8. The Bertz CT molecular complexity index is 4810. The summed E-state index contributed by atoms with van der Waals surface area (Å²) >= 11 is 0. The Morgan fingerprint density at radius 2 is 1.07 bits per heavy atom. The lowest BCUT2D eigenvalue weighted by Crippen LogP contribution is -2.57. The van der Waals surface area contributed by atoms with Gasteiger partial charge in [-0.1, -0.05) is 44.2 Å². The van der Waals surface area contributed by atoms with E-state index in [1.165, 1.54) is 17.7 Å². The van der Waals surface area contributed by atoms with E-state index in [1.807, 2.05) is 62.3 Å². The first-order valence-corrected chi connectivity index (χ1v) is 43.3. The molecule has 33 nitrogen and oxygen atoms in total. The molecule has 35 heteroatoms. The van der Waals surface area contributed by atoms with E-state index < -0.39 is 139 Å². The third kappa shape index (κ3) is 27.5. The summed E-state index contributed by atoms with van der Waals surface area (Å²) in [6.07, 6.45) is 2.36. The fourth-order valence-corrected chi connectivity index (χ4v) is 17.2. The van der Waals surface area contributed by atoms with Gasteiger partial charge in [0.1, 0.15) is 69.9 Å². The number of nitrogens with one attached hydrogen (secondary N) is 9. The Morgan fingerprint density at radius 1 is 0.580 bits per heavy atom. The van der Waals surface area contributed by atoms with Crippen LogP contribution in [0.1, 0.15) is 197 Å². The molecule has 1 unspecified atom stereocenters. The zero-order valence-corrected chi connectivity index (χ0v) is 74.0. The summed E-state index contributed by atoms with van der Waals surface area (Å²) in [5, 5.41) is 19.4. The Hall–Kier alpha value is -10.1. The highest BCUT2D eigenvalue weighted by molar-refractivity contribution is 7.90.